The minimum atomic E-state index is 0.0804. The van der Waals surface area contributed by atoms with E-state index in [1.165, 1.54) is 5.56 Å². The van der Waals surface area contributed by atoms with E-state index < -0.39 is 0 Å². The summed E-state index contributed by atoms with van der Waals surface area (Å²) in [7, 11) is 0. The lowest BCUT2D eigenvalue weighted by Crippen LogP contribution is -2.31. The molecule has 4 heteroatoms. The van der Waals surface area contributed by atoms with Gasteiger partial charge in [0.15, 0.2) is 0 Å². The number of hydrogen-bond acceptors (Lipinski definition) is 3. The smallest absolute Gasteiger partial charge is 0.112 e. The molecule has 1 aliphatic rings. The van der Waals surface area contributed by atoms with Crippen molar-refractivity contribution in [3.8, 4) is 0 Å². The first-order valence-corrected chi connectivity index (χ1v) is 11.0. The van der Waals surface area contributed by atoms with Crippen LogP contribution in [0.2, 0.25) is 0 Å². The molecule has 4 nitrogen and oxygen atoms in total. The summed E-state index contributed by atoms with van der Waals surface area (Å²) in [5, 5.41) is 3.25. The maximum Gasteiger partial charge on any atom is 0.112 e. The molecule has 0 amide bonds. The van der Waals surface area contributed by atoms with E-state index in [-0.39, 0.29) is 10.8 Å². The Morgan fingerprint density at radius 1 is 0.897 bits per heavy atom. The number of nitrogens with zero attached hydrogens (tertiary/aromatic N) is 2. The Bertz CT molecular complexity index is 780. The van der Waals surface area contributed by atoms with Gasteiger partial charge in [-0.05, 0) is 29.5 Å². The number of H-pyrrole nitrogens is 1. The molecule has 164 valence electrons. The van der Waals surface area contributed by atoms with E-state index in [1.807, 2.05) is 0 Å². The van der Waals surface area contributed by atoms with Crippen molar-refractivity contribution in [1.82, 2.24) is 15.3 Å². The number of aliphatic imine (C=N–C) groups is 1. The molecule has 0 fully saturated rings. The molecule has 1 aromatic heterocycles. The van der Waals surface area contributed by atoms with E-state index >= 15 is 0 Å². The quantitative estimate of drug-likeness (QED) is 0.561. The number of nitrogens with one attached hydrogen (secondary N) is 2. The molecule has 2 N–H and O–H groups in total. The Morgan fingerprint density at radius 2 is 1.48 bits per heavy atom. The van der Waals surface area contributed by atoms with Crippen molar-refractivity contribution in [2.45, 2.75) is 87.5 Å². The summed E-state index contributed by atoms with van der Waals surface area (Å²) in [5.74, 6) is 3.61. The van der Waals surface area contributed by atoms with Crippen molar-refractivity contribution in [3.63, 3.8) is 0 Å². The van der Waals surface area contributed by atoms with Crippen molar-refractivity contribution in [2.24, 2.45) is 16.3 Å². The molecule has 0 saturated carbocycles. The van der Waals surface area contributed by atoms with Crippen LogP contribution in [-0.4, -0.2) is 28.9 Å². The van der Waals surface area contributed by atoms with Gasteiger partial charge in [-0.3, -0.25) is 4.99 Å². The normalized spacial score (nSPS) is 14.2. The highest BCUT2D eigenvalue weighted by atomic mass is 15.1. The highest BCUT2D eigenvalue weighted by Crippen LogP contribution is 2.25. The zero-order chi connectivity index (χ0) is 22.4. The Kier molecular flexibility index (Phi) is 8.92. The molecule has 0 radical (unpaired) electrons. The van der Waals surface area contributed by atoms with Gasteiger partial charge in [0.2, 0.25) is 0 Å². The Labute approximate surface area is 179 Å². The van der Waals surface area contributed by atoms with Crippen molar-refractivity contribution < 1.29 is 0 Å². The van der Waals surface area contributed by atoms with E-state index in [0.717, 1.165) is 41.7 Å². The molecule has 0 spiro atoms. The van der Waals surface area contributed by atoms with Gasteiger partial charge >= 0.3 is 0 Å². The third-order valence-electron chi connectivity index (χ3n) is 4.27. The first-order valence-electron chi connectivity index (χ1n) is 11.0. The van der Waals surface area contributed by atoms with Crippen molar-refractivity contribution >= 4 is 16.9 Å². The maximum atomic E-state index is 4.63. The molecule has 0 unspecified atom stereocenters. The van der Waals surface area contributed by atoms with Gasteiger partial charge in [-0.15, -0.1) is 0 Å². The second-order valence-electron chi connectivity index (χ2n) is 10.9. The van der Waals surface area contributed by atoms with Crippen LogP contribution in [0.15, 0.2) is 23.2 Å². The lowest BCUT2D eigenvalue weighted by Gasteiger charge is -2.18. The van der Waals surface area contributed by atoms with Crippen molar-refractivity contribution in [3.05, 3.63) is 29.6 Å². The molecule has 0 atom stereocenters. The number of fused-ring (bicyclic) bond motifs is 1. The summed E-state index contributed by atoms with van der Waals surface area (Å²) < 4.78 is 0. The Balaban J connectivity index is 0.000000272. The van der Waals surface area contributed by atoms with E-state index in [2.05, 4.69) is 115 Å². The van der Waals surface area contributed by atoms with E-state index in [4.69, 9.17) is 0 Å². The SMILES string of the molecule is CC(C)(C)C1=NCCN1.CC(C)C.CC(C)c1ccc2nc(C(C)(C)C)[nH]c2c1. The number of amidine groups is 1. The van der Waals surface area contributed by atoms with Gasteiger partial charge in [-0.2, -0.15) is 0 Å². The standard InChI is InChI=1S/C14H20N2.C7H14N2.C4H10/c1-9(2)10-6-7-11-12(8-10)16-13(15-11)14(3,4)5;1-7(2,3)6-8-4-5-9-6;1-4(2)3/h6-9H,1-5H3,(H,15,16);4-5H2,1-3H3,(H,8,9);4H,1-3H3. The highest BCUT2D eigenvalue weighted by Gasteiger charge is 2.20. The predicted molar refractivity (Wildman–Crippen MR) is 129 cm³/mol. The summed E-state index contributed by atoms with van der Waals surface area (Å²) in [6, 6.07) is 6.49. The van der Waals surface area contributed by atoms with Crippen LogP contribution in [0.3, 0.4) is 0 Å². The topological polar surface area (TPSA) is 53.1 Å². The van der Waals surface area contributed by atoms with Crippen LogP contribution in [-0.2, 0) is 5.41 Å². The number of aromatic nitrogens is 2. The number of imidazole rings is 1. The number of benzene rings is 1. The predicted octanol–water partition coefficient (Wildman–Crippen LogP) is 6.68. The van der Waals surface area contributed by atoms with Crippen LogP contribution < -0.4 is 5.32 Å². The fraction of sp³-hybridized carbons (Fsp3) is 0.680. The molecule has 0 aliphatic carbocycles. The van der Waals surface area contributed by atoms with E-state index in [1.54, 1.807) is 0 Å². The highest BCUT2D eigenvalue weighted by molar-refractivity contribution is 5.88. The van der Waals surface area contributed by atoms with Crippen LogP contribution in [0.1, 0.15) is 93.5 Å². The Morgan fingerprint density at radius 3 is 1.86 bits per heavy atom. The first-order chi connectivity index (χ1) is 13.2. The average molecular weight is 401 g/mol. The third kappa shape index (κ3) is 8.59. The van der Waals surface area contributed by atoms with Gasteiger partial charge in [0.25, 0.3) is 0 Å². The fourth-order valence-electron chi connectivity index (χ4n) is 2.64. The summed E-state index contributed by atoms with van der Waals surface area (Å²) in [5.41, 5.74) is 3.87. The number of aromatic amines is 1. The van der Waals surface area contributed by atoms with Crippen LogP contribution >= 0.6 is 0 Å². The molecular weight excluding hydrogens is 356 g/mol. The van der Waals surface area contributed by atoms with Gasteiger partial charge < -0.3 is 10.3 Å². The largest absolute Gasteiger partial charge is 0.372 e. The average Bonchev–Trinajstić information content (AvgIpc) is 3.23. The summed E-state index contributed by atoms with van der Waals surface area (Å²) in [4.78, 5) is 12.4. The Hall–Kier alpha value is -1.84. The lowest BCUT2D eigenvalue weighted by atomic mass is 9.95. The first kappa shape index (κ1) is 25.2. The van der Waals surface area contributed by atoms with Gasteiger partial charge in [0.1, 0.15) is 11.7 Å². The lowest BCUT2D eigenvalue weighted by molar-refractivity contribution is 0.554. The van der Waals surface area contributed by atoms with Crippen LogP contribution in [0, 0.1) is 11.3 Å². The third-order valence-corrected chi connectivity index (χ3v) is 4.27. The molecule has 1 aromatic carbocycles. The van der Waals surface area contributed by atoms with E-state index in [0.29, 0.717) is 5.92 Å². The number of rotatable bonds is 1. The van der Waals surface area contributed by atoms with Gasteiger partial charge in [0.05, 0.1) is 17.6 Å². The fourth-order valence-corrected chi connectivity index (χ4v) is 2.64. The van der Waals surface area contributed by atoms with Crippen LogP contribution in [0.5, 0.6) is 0 Å². The molecule has 2 heterocycles. The zero-order valence-corrected chi connectivity index (χ0v) is 20.7. The summed E-state index contributed by atoms with van der Waals surface area (Å²) in [6.07, 6.45) is 0. The van der Waals surface area contributed by atoms with Gasteiger partial charge in [0, 0.05) is 17.4 Å². The van der Waals surface area contributed by atoms with Gasteiger partial charge in [-0.1, -0.05) is 82.2 Å². The monoisotopic (exact) mass is 400 g/mol. The van der Waals surface area contributed by atoms with Gasteiger partial charge in [-0.25, -0.2) is 4.98 Å². The van der Waals surface area contributed by atoms with E-state index in [9.17, 15) is 0 Å². The minimum Gasteiger partial charge on any atom is -0.372 e. The van der Waals surface area contributed by atoms with Crippen molar-refractivity contribution in [1.29, 1.82) is 0 Å². The van der Waals surface area contributed by atoms with Crippen LogP contribution in [0.25, 0.3) is 11.0 Å². The molecule has 0 bridgehead atoms. The minimum absolute atomic E-state index is 0.0804. The zero-order valence-electron chi connectivity index (χ0n) is 20.7. The van der Waals surface area contributed by atoms with Crippen LogP contribution in [0.4, 0.5) is 0 Å². The second kappa shape index (κ2) is 10.3. The second-order valence-corrected chi connectivity index (χ2v) is 10.9. The maximum absolute atomic E-state index is 4.63. The molecular formula is C25H44N4. The number of hydrogen-bond donors (Lipinski definition) is 2. The summed E-state index contributed by atoms with van der Waals surface area (Å²) in [6.45, 7) is 25.9. The molecule has 1 aliphatic heterocycles. The van der Waals surface area contributed by atoms with Crippen molar-refractivity contribution in [2.75, 3.05) is 13.1 Å². The molecule has 3 rings (SSSR count). The molecule has 2 aromatic rings. The molecule has 0 saturated heterocycles. The summed E-state index contributed by atoms with van der Waals surface area (Å²) >= 11 is 0. The molecule has 29 heavy (non-hydrogen) atoms.